The Morgan fingerprint density at radius 3 is 2.62 bits per heavy atom. The number of aliphatic hydroxyl groups excluding tert-OH is 1. The lowest BCUT2D eigenvalue weighted by Crippen LogP contribution is -2.36. The number of rotatable bonds is 7. The molecule has 0 aliphatic rings. The van der Waals surface area contributed by atoms with Crippen LogP contribution in [0, 0.1) is 0 Å². The van der Waals surface area contributed by atoms with E-state index >= 15 is 0 Å². The summed E-state index contributed by atoms with van der Waals surface area (Å²) >= 11 is 0. The van der Waals surface area contributed by atoms with Gasteiger partial charge in [-0.1, -0.05) is 6.07 Å². The highest BCUT2D eigenvalue weighted by molar-refractivity contribution is 7.85. The molecule has 0 saturated carbocycles. The topological polar surface area (TPSA) is 107 Å². The fraction of sp³-hybridized carbons (Fsp3) is 0.462. The zero-order valence-corrected chi connectivity index (χ0v) is 12.8. The van der Waals surface area contributed by atoms with Crippen molar-refractivity contribution in [1.29, 1.82) is 0 Å². The first-order valence-electron chi connectivity index (χ1n) is 6.47. The lowest BCUT2D eigenvalue weighted by molar-refractivity contribution is -0.114. The van der Waals surface area contributed by atoms with E-state index in [4.69, 9.17) is 4.55 Å². The summed E-state index contributed by atoms with van der Waals surface area (Å²) in [5.74, 6) is -0.906. The standard InChI is InChI=1S/C13H20N2O5S/c1-3-15(8-13(17)9-21(18,19)20)12-6-4-5-11(7-12)14-10(2)16/h4-7,13,17H,3,8-9H2,1-2H3,(H,14,16)(H,18,19,20). The minimum absolute atomic E-state index is 0.0554. The van der Waals surface area contributed by atoms with E-state index in [0.29, 0.717) is 12.2 Å². The fourth-order valence-corrected chi connectivity index (χ4v) is 2.54. The molecule has 1 unspecified atom stereocenters. The van der Waals surface area contributed by atoms with Gasteiger partial charge in [0.1, 0.15) is 5.75 Å². The van der Waals surface area contributed by atoms with Gasteiger partial charge in [-0.25, -0.2) is 0 Å². The van der Waals surface area contributed by atoms with Crippen LogP contribution in [-0.4, -0.2) is 48.9 Å². The first-order chi connectivity index (χ1) is 9.71. The number of hydrogen-bond donors (Lipinski definition) is 3. The SMILES string of the molecule is CCN(CC(O)CS(=O)(=O)O)c1cccc(NC(C)=O)c1. The maximum absolute atomic E-state index is 11.0. The molecule has 118 valence electrons. The summed E-state index contributed by atoms with van der Waals surface area (Å²) in [5, 5.41) is 12.4. The highest BCUT2D eigenvalue weighted by atomic mass is 32.2. The molecule has 1 amide bonds. The Morgan fingerprint density at radius 2 is 2.10 bits per heavy atom. The summed E-state index contributed by atoms with van der Waals surface area (Å²) in [6.45, 7) is 3.84. The summed E-state index contributed by atoms with van der Waals surface area (Å²) in [7, 11) is -4.22. The second-order valence-electron chi connectivity index (χ2n) is 4.67. The van der Waals surface area contributed by atoms with Crippen LogP contribution >= 0.6 is 0 Å². The van der Waals surface area contributed by atoms with Crippen molar-refractivity contribution >= 4 is 27.4 Å². The molecule has 0 aliphatic heterocycles. The van der Waals surface area contributed by atoms with Gasteiger partial charge in [-0.3, -0.25) is 9.35 Å². The van der Waals surface area contributed by atoms with Gasteiger partial charge in [0.25, 0.3) is 10.1 Å². The predicted molar refractivity (Wildman–Crippen MR) is 81.1 cm³/mol. The molecule has 0 saturated heterocycles. The van der Waals surface area contributed by atoms with Crippen LogP contribution in [0.1, 0.15) is 13.8 Å². The molecule has 0 heterocycles. The molecule has 1 atom stereocenters. The van der Waals surface area contributed by atoms with Crippen LogP contribution in [0.4, 0.5) is 11.4 Å². The molecule has 3 N–H and O–H groups in total. The third-order valence-electron chi connectivity index (χ3n) is 2.75. The molecule has 0 aromatic heterocycles. The van der Waals surface area contributed by atoms with Gasteiger partial charge < -0.3 is 15.3 Å². The third kappa shape index (κ3) is 6.56. The lowest BCUT2D eigenvalue weighted by Gasteiger charge is -2.26. The number of likely N-dealkylation sites (N-methyl/N-ethyl adjacent to an activating group) is 1. The first-order valence-corrected chi connectivity index (χ1v) is 8.08. The van der Waals surface area contributed by atoms with Crippen molar-refractivity contribution in [3.63, 3.8) is 0 Å². The van der Waals surface area contributed by atoms with Crippen LogP contribution in [-0.2, 0) is 14.9 Å². The summed E-state index contributed by atoms with van der Waals surface area (Å²) < 4.78 is 30.2. The van der Waals surface area contributed by atoms with Gasteiger partial charge >= 0.3 is 0 Å². The van der Waals surface area contributed by atoms with Crippen LogP contribution in [0.3, 0.4) is 0 Å². The number of benzene rings is 1. The van der Waals surface area contributed by atoms with Crippen LogP contribution < -0.4 is 10.2 Å². The maximum atomic E-state index is 11.0. The van der Waals surface area contributed by atoms with Gasteiger partial charge in [0.15, 0.2) is 0 Å². The van der Waals surface area contributed by atoms with Gasteiger partial charge in [-0.2, -0.15) is 8.42 Å². The molecule has 0 bridgehead atoms. The Labute approximate surface area is 124 Å². The number of carbonyl (C=O) groups is 1. The molecule has 1 aromatic rings. The van der Waals surface area contributed by atoms with Crippen molar-refractivity contribution in [3.8, 4) is 0 Å². The minimum atomic E-state index is -4.22. The van der Waals surface area contributed by atoms with E-state index in [1.165, 1.54) is 6.92 Å². The summed E-state index contributed by atoms with van der Waals surface area (Å²) in [6.07, 6.45) is -1.20. The number of nitrogens with one attached hydrogen (secondary N) is 1. The maximum Gasteiger partial charge on any atom is 0.267 e. The van der Waals surface area contributed by atoms with Crippen molar-refractivity contribution in [1.82, 2.24) is 0 Å². The monoisotopic (exact) mass is 316 g/mol. The Balaban J connectivity index is 2.82. The van der Waals surface area contributed by atoms with Gasteiger partial charge in [0.2, 0.25) is 5.91 Å². The van der Waals surface area contributed by atoms with E-state index in [1.807, 2.05) is 6.92 Å². The fourth-order valence-electron chi connectivity index (χ4n) is 1.95. The Kier molecular flexibility index (Phi) is 6.13. The van der Waals surface area contributed by atoms with Gasteiger partial charge in [0, 0.05) is 31.4 Å². The van der Waals surface area contributed by atoms with Crippen LogP contribution in [0.2, 0.25) is 0 Å². The summed E-state index contributed by atoms with van der Waals surface area (Å²) in [4.78, 5) is 12.8. The van der Waals surface area contributed by atoms with E-state index in [9.17, 15) is 18.3 Å². The second kappa shape index (κ2) is 7.39. The number of anilines is 2. The van der Waals surface area contributed by atoms with Gasteiger partial charge in [-0.05, 0) is 25.1 Å². The van der Waals surface area contributed by atoms with Crippen molar-refractivity contribution in [2.24, 2.45) is 0 Å². The molecule has 1 aromatic carbocycles. The quantitative estimate of drug-likeness (QED) is 0.640. The summed E-state index contributed by atoms with van der Waals surface area (Å²) in [6, 6.07) is 6.99. The molecule has 1 rings (SSSR count). The zero-order valence-electron chi connectivity index (χ0n) is 12.0. The highest BCUT2D eigenvalue weighted by Crippen LogP contribution is 2.19. The highest BCUT2D eigenvalue weighted by Gasteiger charge is 2.17. The molecule has 7 nitrogen and oxygen atoms in total. The third-order valence-corrected chi connectivity index (χ3v) is 3.55. The van der Waals surface area contributed by atoms with Gasteiger partial charge in [-0.15, -0.1) is 0 Å². The molecule has 0 spiro atoms. The Hall–Kier alpha value is -1.64. The number of carbonyl (C=O) groups excluding carboxylic acids is 1. The first kappa shape index (κ1) is 17.4. The van der Waals surface area contributed by atoms with E-state index in [0.717, 1.165) is 5.69 Å². The van der Waals surface area contributed by atoms with Crippen LogP contribution in [0.5, 0.6) is 0 Å². The van der Waals surface area contributed by atoms with Crippen LogP contribution in [0.25, 0.3) is 0 Å². The molecular weight excluding hydrogens is 296 g/mol. The van der Waals surface area contributed by atoms with Crippen molar-refractivity contribution in [2.75, 3.05) is 29.1 Å². The average molecular weight is 316 g/mol. The average Bonchev–Trinajstić information content (AvgIpc) is 2.33. The molecule has 8 heteroatoms. The van der Waals surface area contributed by atoms with Crippen molar-refractivity contribution < 1.29 is 22.9 Å². The van der Waals surface area contributed by atoms with Crippen molar-refractivity contribution in [3.05, 3.63) is 24.3 Å². The summed E-state index contributed by atoms with van der Waals surface area (Å²) in [5.41, 5.74) is 1.35. The molecule has 0 fully saturated rings. The largest absolute Gasteiger partial charge is 0.390 e. The molecule has 0 radical (unpaired) electrons. The van der Waals surface area contributed by atoms with Crippen molar-refractivity contribution in [2.45, 2.75) is 20.0 Å². The Bertz CT molecular complexity index is 588. The van der Waals surface area contributed by atoms with E-state index in [-0.39, 0.29) is 12.5 Å². The lowest BCUT2D eigenvalue weighted by atomic mass is 10.2. The Morgan fingerprint density at radius 1 is 1.43 bits per heavy atom. The van der Waals surface area contributed by atoms with Gasteiger partial charge in [0.05, 0.1) is 6.10 Å². The van der Waals surface area contributed by atoms with Crippen LogP contribution in [0.15, 0.2) is 24.3 Å². The molecule has 21 heavy (non-hydrogen) atoms. The smallest absolute Gasteiger partial charge is 0.267 e. The molecular formula is C13H20N2O5S. The zero-order chi connectivity index (χ0) is 16.0. The predicted octanol–water partition coefficient (Wildman–Crippen LogP) is 0.720. The van der Waals surface area contributed by atoms with E-state index < -0.39 is 22.0 Å². The molecule has 0 aliphatic carbocycles. The van der Waals surface area contributed by atoms with E-state index in [1.54, 1.807) is 29.2 Å². The normalized spacial score (nSPS) is 12.8. The number of aliphatic hydroxyl groups is 1. The van der Waals surface area contributed by atoms with E-state index in [2.05, 4.69) is 5.32 Å². The number of amides is 1. The second-order valence-corrected chi connectivity index (χ2v) is 6.17. The minimum Gasteiger partial charge on any atom is -0.390 e. The number of hydrogen-bond acceptors (Lipinski definition) is 5. The number of nitrogens with zero attached hydrogens (tertiary/aromatic N) is 1.